The highest BCUT2D eigenvalue weighted by molar-refractivity contribution is 7.80. The van der Waals surface area contributed by atoms with E-state index in [4.69, 9.17) is 20.1 Å². The third-order valence-electron chi connectivity index (χ3n) is 1.52. The van der Waals surface area contributed by atoms with Crippen LogP contribution in [0, 0.1) is 0 Å². The van der Waals surface area contributed by atoms with Gasteiger partial charge in [-0.05, 0) is 0 Å². The minimum Gasteiger partial charge on any atom is -0.387 e. The quantitative estimate of drug-likeness (QED) is 0.352. The van der Waals surface area contributed by atoms with Crippen molar-refractivity contribution in [1.29, 1.82) is 0 Å². The molecule has 0 amide bonds. The average Bonchev–Trinajstić information content (AvgIpc) is 2.17. The summed E-state index contributed by atoms with van der Waals surface area (Å²) in [4.78, 5) is 0. The normalized spacial score (nSPS) is 48.0. The minimum absolute atomic E-state index is 0.287. The van der Waals surface area contributed by atoms with Crippen molar-refractivity contribution in [2.45, 2.75) is 24.6 Å². The summed E-state index contributed by atoms with van der Waals surface area (Å²) in [6.07, 6.45) is -4.05. The molecule has 1 rings (SSSR count). The SMILES string of the molecule is OC1O[C@H](CS)[C@@H](O)[C@H]1O. The molecule has 0 saturated carbocycles. The Morgan fingerprint density at radius 1 is 1.20 bits per heavy atom. The lowest BCUT2D eigenvalue weighted by Crippen LogP contribution is -2.32. The fourth-order valence-corrected chi connectivity index (χ4v) is 1.18. The zero-order chi connectivity index (χ0) is 7.72. The van der Waals surface area contributed by atoms with Crippen molar-refractivity contribution in [1.82, 2.24) is 0 Å². The molecule has 1 aliphatic heterocycles. The molecule has 1 fully saturated rings. The Kier molecular flexibility index (Phi) is 2.54. The van der Waals surface area contributed by atoms with Crippen molar-refractivity contribution in [2.24, 2.45) is 0 Å². The van der Waals surface area contributed by atoms with E-state index in [1.807, 2.05) is 0 Å². The van der Waals surface area contributed by atoms with Crippen LogP contribution in [0.15, 0.2) is 0 Å². The Bertz CT molecular complexity index is 120. The first-order valence-electron chi connectivity index (χ1n) is 2.97. The number of rotatable bonds is 1. The van der Waals surface area contributed by atoms with E-state index < -0.39 is 24.6 Å². The van der Waals surface area contributed by atoms with Gasteiger partial charge in [-0.15, -0.1) is 0 Å². The highest BCUT2D eigenvalue weighted by atomic mass is 32.1. The predicted octanol–water partition coefficient (Wildman–Crippen LogP) is -1.64. The van der Waals surface area contributed by atoms with E-state index in [1.54, 1.807) is 0 Å². The van der Waals surface area contributed by atoms with Crippen LogP contribution in [-0.2, 0) is 4.74 Å². The Morgan fingerprint density at radius 3 is 2.00 bits per heavy atom. The standard InChI is InChI=1S/C5H10O4S/c6-3-2(1-10)9-5(8)4(3)7/h2-8,10H,1H2/t2-,3-,4-,5?/m1/s1. The van der Waals surface area contributed by atoms with Crippen molar-refractivity contribution in [3.8, 4) is 0 Å². The molecule has 1 aliphatic rings. The maximum atomic E-state index is 9.04. The number of thiol groups is 1. The molecule has 10 heavy (non-hydrogen) atoms. The van der Waals surface area contributed by atoms with E-state index in [-0.39, 0.29) is 5.75 Å². The van der Waals surface area contributed by atoms with Crippen LogP contribution in [0.1, 0.15) is 0 Å². The van der Waals surface area contributed by atoms with E-state index >= 15 is 0 Å². The van der Waals surface area contributed by atoms with E-state index in [0.717, 1.165) is 0 Å². The molecule has 5 heteroatoms. The van der Waals surface area contributed by atoms with Gasteiger partial charge in [0.2, 0.25) is 0 Å². The van der Waals surface area contributed by atoms with Crippen LogP contribution in [0.2, 0.25) is 0 Å². The van der Waals surface area contributed by atoms with Gasteiger partial charge in [0.1, 0.15) is 12.2 Å². The van der Waals surface area contributed by atoms with Crippen LogP contribution in [0.5, 0.6) is 0 Å². The predicted molar refractivity (Wildman–Crippen MR) is 36.7 cm³/mol. The molecule has 4 nitrogen and oxygen atoms in total. The molecule has 1 unspecified atom stereocenters. The molecule has 0 spiro atoms. The highest BCUT2D eigenvalue weighted by Crippen LogP contribution is 2.19. The van der Waals surface area contributed by atoms with Gasteiger partial charge in [0.05, 0.1) is 6.10 Å². The van der Waals surface area contributed by atoms with Gasteiger partial charge in [-0.1, -0.05) is 0 Å². The Balaban J connectivity index is 2.53. The molecule has 4 atom stereocenters. The van der Waals surface area contributed by atoms with Crippen LogP contribution in [0.3, 0.4) is 0 Å². The molecule has 0 aliphatic carbocycles. The minimum atomic E-state index is -1.27. The molecule has 0 aromatic heterocycles. The van der Waals surface area contributed by atoms with Crippen LogP contribution in [0.25, 0.3) is 0 Å². The number of aliphatic hydroxyl groups excluding tert-OH is 3. The first-order chi connectivity index (χ1) is 4.66. The molecule has 60 valence electrons. The summed E-state index contributed by atoms with van der Waals surface area (Å²) in [6.45, 7) is 0. The number of hydrogen-bond donors (Lipinski definition) is 4. The summed E-state index contributed by atoms with van der Waals surface area (Å²) >= 11 is 3.85. The Morgan fingerprint density at radius 2 is 1.80 bits per heavy atom. The molecule has 0 aromatic rings. The monoisotopic (exact) mass is 166 g/mol. The highest BCUT2D eigenvalue weighted by Gasteiger charge is 2.40. The van der Waals surface area contributed by atoms with Crippen LogP contribution >= 0.6 is 12.6 Å². The van der Waals surface area contributed by atoms with Crippen molar-refractivity contribution in [3.05, 3.63) is 0 Å². The largest absolute Gasteiger partial charge is 0.387 e. The summed E-state index contributed by atoms with van der Waals surface area (Å²) in [5, 5.41) is 26.8. The summed E-state index contributed by atoms with van der Waals surface area (Å²) in [7, 11) is 0. The third-order valence-corrected chi connectivity index (χ3v) is 1.88. The van der Waals surface area contributed by atoms with Gasteiger partial charge in [0.15, 0.2) is 6.29 Å². The second-order valence-electron chi connectivity index (χ2n) is 2.23. The van der Waals surface area contributed by atoms with Crippen molar-refractivity contribution < 1.29 is 20.1 Å². The zero-order valence-corrected chi connectivity index (χ0v) is 6.11. The molecular formula is C5H10O4S. The van der Waals surface area contributed by atoms with E-state index in [9.17, 15) is 0 Å². The molecule has 0 radical (unpaired) electrons. The van der Waals surface area contributed by atoms with Gasteiger partial charge >= 0.3 is 0 Å². The second-order valence-corrected chi connectivity index (χ2v) is 2.59. The smallest absolute Gasteiger partial charge is 0.183 e. The second kappa shape index (κ2) is 3.06. The van der Waals surface area contributed by atoms with E-state index in [2.05, 4.69) is 12.6 Å². The molecular weight excluding hydrogens is 156 g/mol. The number of hydrogen-bond acceptors (Lipinski definition) is 5. The zero-order valence-electron chi connectivity index (χ0n) is 5.21. The number of ether oxygens (including phenoxy) is 1. The van der Waals surface area contributed by atoms with E-state index in [1.165, 1.54) is 0 Å². The van der Waals surface area contributed by atoms with Crippen LogP contribution in [-0.4, -0.2) is 45.7 Å². The molecule has 1 saturated heterocycles. The summed E-state index contributed by atoms with van der Waals surface area (Å²) in [6, 6.07) is 0. The van der Waals surface area contributed by atoms with Gasteiger partial charge in [0, 0.05) is 5.75 Å². The van der Waals surface area contributed by atoms with Gasteiger partial charge in [-0.3, -0.25) is 0 Å². The first kappa shape index (κ1) is 8.29. The maximum Gasteiger partial charge on any atom is 0.183 e. The number of aliphatic hydroxyl groups is 3. The third kappa shape index (κ3) is 1.28. The van der Waals surface area contributed by atoms with Gasteiger partial charge < -0.3 is 20.1 Å². The topological polar surface area (TPSA) is 69.9 Å². The van der Waals surface area contributed by atoms with E-state index in [0.29, 0.717) is 0 Å². The molecule has 0 bridgehead atoms. The fraction of sp³-hybridized carbons (Fsp3) is 1.00. The Labute approximate surface area is 63.8 Å². The van der Waals surface area contributed by atoms with Gasteiger partial charge in [-0.2, -0.15) is 12.6 Å². The Hall–Kier alpha value is 0.190. The molecule has 0 aromatic carbocycles. The fourth-order valence-electron chi connectivity index (χ4n) is 0.880. The molecule has 1 heterocycles. The lowest BCUT2D eigenvalue weighted by Gasteiger charge is -2.09. The average molecular weight is 166 g/mol. The molecule has 3 N–H and O–H groups in total. The summed E-state index contributed by atoms with van der Waals surface area (Å²) in [5.41, 5.74) is 0. The first-order valence-corrected chi connectivity index (χ1v) is 3.60. The van der Waals surface area contributed by atoms with Crippen LogP contribution in [0.4, 0.5) is 0 Å². The van der Waals surface area contributed by atoms with Crippen molar-refractivity contribution in [3.63, 3.8) is 0 Å². The van der Waals surface area contributed by atoms with Crippen LogP contribution < -0.4 is 0 Å². The maximum absolute atomic E-state index is 9.04. The van der Waals surface area contributed by atoms with Crippen molar-refractivity contribution in [2.75, 3.05) is 5.75 Å². The summed E-state index contributed by atoms with van der Waals surface area (Å²) in [5.74, 6) is 0.287. The van der Waals surface area contributed by atoms with Gasteiger partial charge in [0.25, 0.3) is 0 Å². The van der Waals surface area contributed by atoms with Crippen molar-refractivity contribution >= 4 is 12.6 Å². The lowest BCUT2D eigenvalue weighted by atomic mass is 10.2. The summed E-state index contributed by atoms with van der Waals surface area (Å²) < 4.78 is 4.71. The lowest BCUT2D eigenvalue weighted by molar-refractivity contribution is -0.123. The van der Waals surface area contributed by atoms with Gasteiger partial charge in [-0.25, -0.2) is 0 Å².